The molecule has 1 aromatic carbocycles. The lowest BCUT2D eigenvalue weighted by atomic mass is 10.0. The maximum Gasteiger partial charge on any atom is 0.189 e. The molecule has 1 heterocycles. The van der Waals surface area contributed by atoms with Gasteiger partial charge in [0.15, 0.2) is 5.96 Å². The highest BCUT2D eigenvalue weighted by atomic mass is 127. The SMILES string of the molecule is CCOc1cc2c(cc1C1CC1N=C(N)NC(C)(C)C)OC(C)C2.I. The highest BCUT2D eigenvalue weighted by molar-refractivity contribution is 14.0. The molecule has 0 saturated heterocycles. The van der Waals surface area contributed by atoms with Crippen LogP contribution in [0.5, 0.6) is 11.5 Å². The number of benzene rings is 1. The Balaban J connectivity index is 0.00000225. The molecule has 1 saturated carbocycles. The summed E-state index contributed by atoms with van der Waals surface area (Å²) in [4.78, 5) is 4.63. The summed E-state index contributed by atoms with van der Waals surface area (Å²) in [7, 11) is 0. The number of nitrogens with two attached hydrogens (primary N) is 1. The second-order valence-electron chi connectivity index (χ2n) is 7.86. The smallest absolute Gasteiger partial charge is 0.189 e. The van der Waals surface area contributed by atoms with Gasteiger partial charge in [0.2, 0.25) is 0 Å². The molecule has 0 radical (unpaired) electrons. The Bertz CT molecular complexity index is 655. The minimum Gasteiger partial charge on any atom is -0.494 e. The molecule has 0 bridgehead atoms. The van der Waals surface area contributed by atoms with E-state index in [1.54, 1.807) is 0 Å². The van der Waals surface area contributed by atoms with Crippen molar-refractivity contribution >= 4 is 29.9 Å². The number of ether oxygens (including phenoxy) is 2. The molecule has 1 aliphatic carbocycles. The number of rotatable bonds is 4. The van der Waals surface area contributed by atoms with Gasteiger partial charge in [0.05, 0.1) is 12.6 Å². The predicted molar refractivity (Wildman–Crippen MR) is 112 cm³/mol. The Labute approximate surface area is 167 Å². The maximum atomic E-state index is 6.03. The van der Waals surface area contributed by atoms with E-state index in [1.165, 1.54) is 11.1 Å². The van der Waals surface area contributed by atoms with Gasteiger partial charge in [-0.2, -0.15) is 0 Å². The average molecular weight is 459 g/mol. The zero-order valence-electron chi connectivity index (χ0n) is 15.8. The van der Waals surface area contributed by atoms with Gasteiger partial charge in [0, 0.05) is 29.0 Å². The van der Waals surface area contributed by atoms with Crippen molar-refractivity contribution in [3.8, 4) is 11.5 Å². The van der Waals surface area contributed by atoms with E-state index in [0.717, 1.165) is 24.3 Å². The van der Waals surface area contributed by atoms with E-state index >= 15 is 0 Å². The van der Waals surface area contributed by atoms with Gasteiger partial charge in [-0.3, -0.25) is 0 Å². The summed E-state index contributed by atoms with van der Waals surface area (Å²) in [5.41, 5.74) is 8.39. The van der Waals surface area contributed by atoms with Crippen LogP contribution in [0, 0.1) is 0 Å². The topological polar surface area (TPSA) is 68.9 Å². The molecule has 0 aromatic heterocycles. The molecular formula is C19H30IN3O2. The molecular weight excluding hydrogens is 429 g/mol. The van der Waals surface area contributed by atoms with E-state index in [4.69, 9.17) is 15.2 Å². The Morgan fingerprint density at radius 1 is 1.40 bits per heavy atom. The van der Waals surface area contributed by atoms with Crippen LogP contribution in [0.1, 0.15) is 58.1 Å². The third-order valence-electron chi connectivity index (χ3n) is 4.29. The summed E-state index contributed by atoms with van der Waals surface area (Å²) < 4.78 is 11.8. The fourth-order valence-corrected chi connectivity index (χ4v) is 3.28. The maximum absolute atomic E-state index is 6.03. The van der Waals surface area contributed by atoms with Crippen molar-refractivity contribution in [2.75, 3.05) is 6.61 Å². The van der Waals surface area contributed by atoms with E-state index in [9.17, 15) is 0 Å². The molecule has 6 heteroatoms. The van der Waals surface area contributed by atoms with Crippen molar-refractivity contribution in [3.63, 3.8) is 0 Å². The predicted octanol–water partition coefficient (Wildman–Crippen LogP) is 3.59. The molecule has 0 amide bonds. The number of hydrogen-bond donors (Lipinski definition) is 2. The fourth-order valence-electron chi connectivity index (χ4n) is 3.28. The van der Waals surface area contributed by atoms with Gasteiger partial charge in [0.1, 0.15) is 17.6 Å². The van der Waals surface area contributed by atoms with Crippen LogP contribution in [0.25, 0.3) is 0 Å². The third kappa shape index (κ3) is 4.92. The summed E-state index contributed by atoms with van der Waals surface area (Å²) in [5.74, 6) is 2.84. The van der Waals surface area contributed by atoms with Gasteiger partial charge in [-0.05, 0) is 53.2 Å². The molecule has 3 N–H and O–H groups in total. The second-order valence-corrected chi connectivity index (χ2v) is 7.86. The number of guanidine groups is 1. The minimum atomic E-state index is -0.0774. The van der Waals surface area contributed by atoms with E-state index in [1.807, 2.05) is 6.92 Å². The lowest BCUT2D eigenvalue weighted by Crippen LogP contribution is -2.45. The van der Waals surface area contributed by atoms with E-state index in [0.29, 0.717) is 18.5 Å². The van der Waals surface area contributed by atoms with Crippen LogP contribution >= 0.6 is 24.0 Å². The first-order valence-electron chi connectivity index (χ1n) is 8.84. The highest BCUT2D eigenvalue weighted by Gasteiger charge is 2.41. The second kappa shape index (κ2) is 7.60. The zero-order valence-corrected chi connectivity index (χ0v) is 18.1. The molecule has 3 rings (SSSR count). The van der Waals surface area contributed by atoms with Crippen molar-refractivity contribution < 1.29 is 9.47 Å². The van der Waals surface area contributed by atoms with Crippen LogP contribution in [0.4, 0.5) is 0 Å². The summed E-state index contributed by atoms with van der Waals surface area (Å²) >= 11 is 0. The van der Waals surface area contributed by atoms with Crippen molar-refractivity contribution in [3.05, 3.63) is 23.3 Å². The summed E-state index contributed by atoms with van der Waals surface area (Å²) in [5, 5.41) is 3.22. The van der Waals surface area contributed by atoms with Crippen LogP contribution in [0.15, 0.2) is 17.1 Å². The number of halogens is 1. The summed E-state index contributed by atoms with van der Waals surface area (Å²) in [6.07, 6.45) is 2.19. The molecule has 1 aromatic rings. The molecule has 140 valence electrons. The summed E-state index contributed by atoms with van der Waals surface area (Å²) in [6, 6.07) is 4.51. The summed E-state index contributed by atoms with van der Waals surface area (Å²) in [6.45, 7) is 11.0. The lowest BCUT2D eigenvalue weighted by Gasteiger charge is -2.21. The molecule has 3 unspecified atom stereocenters. The van der Waals surface area contributed by atoms with Crippen LogP contribution < -0.4 is 20.5 Å². The van der Waals surface area contributed by atoms with Crippen molar-refractivity contribution in [2.45, 2.75) is 71.1 Å². The van der Waals surface area contributed by atoms with Crippen molar-refractivity contribution in [1.82, 2.24) is 5.32 Å². The first-order valence-corrected chi connectivity index (χ1v) is 8.84. The standard InChI is InChI=1S/C19H29N3O2.HI/c1-6-23-17-8-12-7-11(2)24-16(12)10-14(17)13-9-15(13)21-18(20)22-19(3,4)5;/h8,10-11,13,15H,6-7,9H2,1-5H3,(H3,20,21,22);1H. The first-order chi connectivity index (χ1) is 11.3. The van der Waals surface area contributed by atoms with Crippen LogP contribution in [-0.4, -0.2) is 30.3 Å². The van der Waals surface area contributed by atoms with Gasteiger partial charge < -0.3 is 20.5 Å². The fraction of sp³-hybridized carbons (Fsp3) is 0.632. The largest absolute Gasteiger partial charge is 0.494 e. The van der Waals surface area contributed by atoms with Gasteiger partial charge in [0.25, 0.3) is 0 Å². The van der Waals surface area contributed by atoms with Gasteiger partial charge in [-0.25, -0.2) is 4.99 Å². The zero-order chi connectivity index (χ0) is 17.5. The molecule has 25 heavy (non-hydrogen) atoms. The molecule has 0 spiro atoms. The third-order valence-corrected chi connectivity index (χ3v) is 4.29. The van der Waals surface area contributed by atoms with Gasteiger partial charge in [-0.1, -0.05) is 0 Å². The number of aliphatic imine (C=N–C) groups is 1. The Morgan fingerprint density at radius 2 is 2.12 bits per heavy atom. The Kier molecular flexibility index (Phi) is 6.12. The molecule has 1 aliphatic heterocycles. The highest BCUT2D eigenvalue weighted by Crippen LogP contribution is 2.49. The molecule has 5 nitrogen and oxygen atoms in total. The quantitative estimate of drug-likeness (QED) is 0.410. The van der Waals surface area contributed by atoms with Crippen LogP contribution in [-0.2, 0) is 6.42 Å². The van der Waals surface area contributed by atoms with Crippen LogP contribution in [0.2, 0.25) is 0 Å². The van der Waals surface area contributed by atoms with E-state index in [-0.39, 0.29) is 41.7 Å². The van der Waals surface area contributed by atoms with E-state index < -0.39 is 0 Å². The van der Waals surface area contributed by atoms with Crippen molar-refractivity contribution in [2.24, 2.45) is 10.7 Å². The lowest BCUT2D eigenvalue weighted by molar-refractivity contribution is 0.254. The normalized spacial score (nSPS) is 24.8. The number of fused-ring (bicyclic) bond motifs is 1. The Hall–Kier alpha value is -1.18. The number of nitrogens with one attached hydrogen (secondary N) is 1. The van der Waals surface area contributed by atoms with Gasteiger partial charge in [-0.15, -0.1) is 24.0 Å². The molecule has 1 fully saturated rings. The molecule has 2 aliphatic rings. The Morgan fingerprint density at radius 3 is 2.76 bits per heavy atom. The number of nitrogens with zero attached hydrogens (tertiary/aromatic N) is 1. The number of hydrogen-bond acceptors (Lipinski definition) is 3. The minimum absolute atomic E-state index is 0. The van der Waals surface area contributed by atoms with Crippen LogP contribution in [0.3, 0.4) is 0 Å². The van der Waals surface area contributed by atoms with Gasteiger partial charge >= 0.3 is 0 Å². The monoisotopic (exact) mass is 459 g/mol. The van der Waals surface area contributed by atoms with E-state index in [2.05, 4.69) is 50.1 Å². The molecule has 3 atom stereocenters. The average Bonchev–Trinajstić information content (AvgIpc) is 3.08. The first kappa shape index (κ1) is 20.1. The van der Waals surface area contributed by atoms with Crippen molar-refractivity contribution in [1.29, 1.82) is 0 Å².